The van der Waals surface area contributed by atoms with Gasteiger partial charge in [0.1, 0.15) is 11.5 Å². The Labute approximate surface area is 488 Å². The van der Waals surface area contributed by atoms with Crippen molar-refractivity contribution in [1.82, 2.24) is 0 Å². The normalized spacial score (nSPS) is 13.6. The molecule has 2 heterocycles. The van der Waals surface area contributed by atoms with Crippen LogP contribution in [-0.4, -0.2) is 22.9 Å². The van der Waals surface area contributed by atoms with Crippen LogP contribution in [0.3, 0.4) is 0 Å². The van der Waals surface area contributed by atoms with E-state index in [-0.39, 0.29) is 28.4 Å². The van der Waals surface area contributed by atoms with Gasteiger partial charge in [-0.1, -0.05) is 290 Å². The molecule has 0 fully saturated rings. The summed E-state index contributed by atoms with van der Waals surface area (Å²) in [4.78, 5) is 2.65. The SMILES string of the molecule is CC(C)(C)c1cc(-c2ccc3c(c2)B2c4cc(-c5cc(C(C)(C)C)cc(C(C)(C)C)c5)ccc4N(c4c(-c5cccc([Si](C)(C)C)c5)cccc4-c4cccc([Si](C)(C)C)c4)c4cc(-c5ccccc5)cc(c42)O3)cc(C(C)(C)C)c1. The van der Waals surface area contributed by atoms with Gasteiger partial charge in [0, 0.05) is 22.5 Å². The number of anilines is 3. The standard InChI is InChI=1S/C76H84BNOSi2/c1-73(2,3)57-37-54(38-58(47-57)74(4,5)6)50-33-35-67-65(43-50)77-66-44-51(55-39-59(75(7,8)9)48-60(40-55)76(10,11)12)34-36-69(66)79-70-46-56(49-25-20-19-21-26-49)45-68(71(70)77)78(67)72-63(52-27-22-29-61(41-52)80(13,14)15)31-24-32-64(72)53-28-23-30-62(42-53)81(16,17)18/h19-48H,1-18H3. The second-order valence-corrected chi connectivity index (χ2v) is 39.8. The average Bonchev–Trinajstić information content (AvgIpc) is 3.41. The van der Waals surface area contributed by atoms with Gasteiger partial charge in [0.25, 0.3) is 6.71 Å². The van der Waals surface area contributed by atoms with E-state index in [1.54, 1.807) is 0 Å². The fourth-order valence-electron chi connectivity index (χ4n) is 12.0. The van der Waals surface area contributed by atoms with Gasteiger partial charge in [-0.3, -0.25) is 0 Å². The fraction of sp³-hybridized carbons (Fsp3) is 0.289. The van der Waals surface area contributed by atoms with Crippen molar-refractivity contribution in [3.63, 3.8) is 0 Å². The first kappa shape index (κ1) is 56.0. The van der Waals surface area contributed by atoms with Gasteiger partial charge in [0.2, 0.25) is 0 Å². The van der Waals surface area contributed by atoms with Gasteiger partial charge < -0.3 is 9.64 Å². The lowest BCUT2D eigenvalue weighted by Crippen LogP contribution is -2.59. The molecule has 0 amide bonds. The number of benzene rings is 9. The molecule has 2 aliphatic rings. The third-order valence-electron chi connectivity index (χ3n) is 17.2. The van der Waals surface area contributed by atoms with Crippen LogP contribution in [0.4, 0.5) is 17.1 Å². The molecule has 0 aliphatic carbocycles. The van der Waals surface area contributed by atoms with E-state index < -0.39 is 16.1 Å². The number of para-hydroxylation sites is 1. The minimum Gasteiger partial charge on any atom is -0.458 e. The monoisotopic (exact) mass is 1090 g/mol. The molecule has 0 aromatic heterocycles. The molecule has 9 aromatic carbocycles. The van der Waals surface area contributed by atoms with Gasteiger partial charge in [-0.05, 0) is 129 Å². The van der Waals surface area contributed by atoms with Gasteiger partial charge in [0.15, 0.2) is 0 Å². The highest BCUT2D eigenvalue weighted by atomic mass is 28.3. The van der Waals surface area contributed by atoms with E-state index in [0.29, 0.717) is 0 Å². The van der Waals surface area contributed by atoms with Crippen molar-refractivity contribution in [1.29, 1.82) is 0 Å². The van der Waals surface area contributed by atoms with Crippen molar-refractivity contribution in [3.8, 4) is 67.1 Å². The molecule has 0 radical (unpaired) electrons. The quantitative estimate of drug-likeness (QED) is 0.141. The predicted octanol–water partition coefficient (Wildman–Crippen LogP) is 18.7. The van der Waals surface area contributed by atoms with Gasteiger partial charge in [0.05, 0.1) is 21.8 Å². The van der Waals surface area contributed by atoms with Gasteiger partial charge >= 0.3 is 0 Å². The smallest absolute Gasteiger partial charge is 0.256 e. The summed E-state index contributed by atoms with van der Waals surface area (Å²) in [5.74, 6) is 1.80. The van der Waals surface area contributed by atoms with E-state index in [0.717, 1.165) is 28.3 Å². The van der Waals surface area contributed by atoms with Crippen LogP contribution in [0.15, 0.2) is 182 Å². The topological polar surface area (TPSA) is 12.5 Å². The van der Waals surface area contributed by atoms with Crippen LogP contribution in [-0.2, 0) is 21.7 Å². The molecule has 11 rings (SSSR count). The molecule has 2 nitrogen and oxygen atoms in total. The molecule has 0 atom stereocenters. The molecule has 0 N–H and O–H groups in total. The van der Waals surface area contributed by atoms with Crippen molar-refractivity contribution >= 4 is 66.7 Å². The van der Waals surface area contributed by atoms with E-state index in [2.05, 4.69) is 309 Å². The Morgan fingerprint density at radius 2 is 0.765 bits per heavy atom. The van der Waals surface area contributed by atoms with Crippen molar-refractivity contribution in [2.75, 3.05) is 4.90 Å². The number of rotatable bonds is 8. The van der Waals surface area contributed by atoms with Crippen LogP contribution in [0.25, 0.3) is 55.6 Å². The Bertz CT molecular complexity index is 3780. The van der Waals surface area contributed by atoms with Crippen molar-refractivity contribution in [2.45, 2.75) is 144 Å². The summed E-state index contributed by atoms with van der Waals surface area (Å²) in [7, 11) is -3.44. The minimum absolute atomic E-state index is 0.0297. The Kier molecular flexibility index (Phi) is 13.8. The highest BCUT2D eigenvalue weighted by Crippen LogP contribution is 2.51. The first-order chi connectivity index (χ1) is 37.9. The maximum Gasteiger partial charge on any atom is 0.256 e. The van der Waals surface area contributed by atoms with E-state index in [4.69, 9.17) is 4.74 Å². The number of nitrogens with zero attached hydrogens (tertiary/aromatic N) is 1. The van der Waals surface area contributed by atoms with Gasteiger partial charge in [-0.2, -0.15) is 0 Å². The summed E-state index contributed by atoms with van der Waals surface area (Å²) >= 11 is 0. The van der Waals surface area contributed by atoms with Crippen LogP contribution in [0.1, 0.15) is 105 Å². The zero-order valence-corrected chi connectivity index (χ0v) is 53.8. The molecule has 0 saturated carbocycles. The third kappa shape index (κ3) is 10.8. The Balaban J connectivity index is 1.27. The van der Waals surface area contributed by atoms with Crippen LogP contribution in [0.2, 0.25) is 39.3 Å². The summed E-state index contributed by atoms with van der Waals surface area (Å²) in [5, 5.41) is 2.89. The summed E-state index contributed by atoms with van der Waals surface area (Å²) in [5.41, 5.74) is 24.4. The highest BCUT2D eigenvalue weighted by Gasteiger charge is 2.44. The fourth-order valence-corrected chi connectivity index (χ4v) is 14.4. The first-order valence-electron chi connectivity index (χ1n) is 29.6. The van der Waals surface area contributed by atoms with E-state index in [1.807, 2.05) is 0 Å². The maximum absolute atomic E-state index is 7.47. The molecule has 0 unspecified atom stereocenters. The highest BCUT2D eigenvalue weighted by molar-refractivity contribution is 6.99. The lowest BCUT2D eigenvalue weighted by molar-refractivity contribution is 0.488. The molecule has 0 bridgehead atoms. The number of ether oxygens (including phenoxy) is 1. The van der Waals surface area contributed by atoms with Crippen LogP contribution in [0.5, 0.6) is 11.5 Å². The van der Waals surface area contributed by atoms with Crippen molar-refractivity contribution < 1.29 is 4.74 Å². The largest absolute Gasteiger partial charge is 0.458 e. The molecule has 2 aliphatic heterocycles. The van der Waals surface area contributed by atoms with E-state index in [1.165, 1.54) is 105 Å². The Hall–Kier alpha value is -6.92. The van der Waals surface area contributed by atoms with Crippen molar-refractivity contribution in [2.24, 2.45) is 0 Å². The summed E-state index contributed by atoms with van der Waals surface area (Å²) in [6.45, 7) is 42.7. The summed E-state index contributed by atoms with van der Waals surface area (Å²) < 4.78 is 7.47. The zero-order chi connectivity index (χ0) is 57.9. The van der Waals surface area contributed by atoms with Gasteiger partial charge in [-0.25, -0.2) is 0 Å². The zero-order valence-electron chi connectivity index (χ0n) is 51.8. The molecule has 81 heavy (non-hydrogen) atoms. The first-order valence-corrected chi connectivity index (χ1v) is 36.6. The number of hydrogen-bond acceptors (Lipinski definition) is 2. The predicted molar refractivity (Wildman–Crippen MR) is 360 cm³/mol. The van der Waals surface area contributed by atoms with E-state index >= 15 is 0 Å². The third-order valence-corrected chi connectivity index (χ3v) is 21.3. The lowest BCUT2D eigenvalue weighted by atomic mass is 9.34. The second kappa shape index (κ2) is 19.9. The number of fused-ring (bicyclic) bond motifs is 4. The molecule has 0 saturated heterocycles. The molecular formula is C76H84BNOSi2. The van der Waals surface area contributed by atoms with Gasteiger partial charge in [-0.15, -0.1) is 0 Å². The van der Waals surface area contributed by atoms with Crippen LogP contribution >= 0.6 is 0 Å². The molecule has 9 aromatic rings. The second-order valence-electron chi connectivity index (χ2n) is 29.6. The lowest BCUT2D eigenvalue weighted by Gasteiger charge is -2.42. The minimum atomic E-state index is -1.72. The summed E-state index contributed by atoms with van der Waals surface area (Å²) in [6.07, 6.45) is 0. The Morgan fingerprint density at radius 1 is 0.333 bits per heavy atom. The molecule has 410 valence electrons. The van der Waals surface area contributed by atoms with Crippen LogP contribution in [0, 0.1) is 0 Å². The molecular weight excluding hydrogens is 1010 g/mol. The number of hydrogen-bond donors (Lipinski definition) is 0. The van der Waals surface area contributed by atoms with Crippen molar-refractivity contribution in [3.05, 3.63) is 204 Å². The summed E-state index contributed by atoms with van der Waals surface area (Å²) in [6, 6.07) is 70.8. The molecule has 0 spiro atoms. The van der Waals surface area contributed by atoms with Crippen LogP contribution < -0.4 is 36.4 Å². The van der Waals surface area contributed by atoms with E-state index in [9.17, 15) is 0 Å². The molecule has 5 heteroatoms. The Morgan fingerprint density at radius 3 is 1.23 bits per heavy atom. The average molecular weight is 1090 g/mol. The maximum atomic E-state index is 7.47.